The molecule has 0 aliphatic carbocycles. The number of likely N-dealkylation sites (N-methyl/N-ethyl adjacent to an activating group) is 1. The second-order valence-corrected chi connectivity index (χ2v) is 7.87. The van der Waals surface area contributed by atoms with E-state index in [1.54, 1.807) is 4.90 Å². The Hall–Kier alpha value is -1.44. The lowest BCUT2D eigenvalue weighted by Crippen LogP contribution is -2.47. The molecule has 3 heterocycles. The van der Waals surface area contributed by atoms with Gasteiger partial charge in [-0.05, 0) is 44.3 Å². The zero-order valence-electron chi connectivity index (χ0n) is 14.9. The normalized spacial score (nSPS) is 22.3. The van der Waals surface area contributed by atoms with Crippen LogP contribution in [0.2, 0.25) is 0 Å². The molecule has 1 aromatic heterocycles. The van der Waals surface area contributed by atoms with Crippen molar-refractivity contribution in [1.82, 2.24) is 20.0 Å². The second kappa shape index (κ2) is 8.78. The van der Waals surface area contributed by atoms with Crippen LogP contribution in [-0.2, 0) is 4.79 Å². The molecule has 7 heteroatoms. The molecule has 0 unspecified atom stereocenters. The summed E-state index contributed by atoms with van der Waals surface area (Å²) in [7, 11) is 2.16. The molecule has 1 atom stereocenters. The van der Waals surface area contributed by atoms with E-state index in [9.17, 15) is 9.59 Å². The van der Waals surface area contributed by atoms with Crippen molar-refractivity contribution < 1.29 is 9.59 Å². The number of likely N-dealkylation sites (tertiary alicyclic amines) is 1. The highest BCUT2D eigenvalue weighted by atomic mass is 32.1. The summed E-state index contributed by atoms with van der Waals surface area (Å²) in [5.74, 6) is -0.00845. The Bertz CT molecular complexity index is 570. The molecule has 2 aliphatic rings. The van der Waals surface area contributed by atoms with Crippen LogP contribution in [-0.4, -0.2) is 85.4 Å². The molecule has 0 radical (unpaired) electrons. The summed E-state index contributed by atoms with van der Waals surface area (Å²) >= 11 is 1.44. The summed E-state index contributed by atoms with van der Waals surface area (Å²) in [5.41, 5.74) is 0. The van der Waals surface area contributed by atoms with E-state index in [0.29, 0.717) is 13.1 Å². The number of amides is 2. The Balaban J connectivity index is 1.40. The van der Waals surface area contributed by atoms with Crippen molar-refractivity contribution in [2.24, 2.45) is 0 Å². The van der Waals surface area contributed by atoms with E-state index in [4.69, 9.17) is 0 Å². The van der Waals surface area contributed by atoms with Crippen LogP contribution < -0.4 is 5.32 Å². The monoisotopic (exact) mass is 364 g/mol. The lowest BCUT2D eigenvalue weighted by Gasteiger charge is -2.32. The van der Waals surface area contributed by atoms with E-state index in [-0.39, 0.29) is 17.9 Å². The van der Waals surface area contributed by atoms with Crippen molar-refractivity contribution in [2.45, 2.75) is 25.3 Å². The number of hydrogen-bond acceptors (Lipinski definition) is 5. The first-order valence-electron chi connectivity index (χ1n) is 9.18. The fraction of sp³-hybridized carbons (Fsp3) is 0.667. The van der Waals surface area contributed by atoms with Crippen LogP contribution in [0.25, 0.3) is 0 Å². The van der Waals surface area contributed by atoms with Gasteiger partial charge in [0.15, 0.2) is 0 Å². The van der Waals surface area contributed by atoms with E-state index < -0.39 is 0 Å². The minimum atomic E-state index is -0.307. The number of piperazine rings is 1. The van der Waals surface area contributed by atoms with Crippen molar-refractivity contribution in [2.75, 3.05) is 52.9 Å². The highest BCUT2D eigenvalue weighted by Gasteiger charge is 2.34. The molecule has 0 bridgehead atoms. The van der Waals surface area contributed by atoms with Gasteiger partial charge in [0.25, 0.3) is 5.91 Å². The van der Waals surface area contributed by atoms with E-state index in [2.05, 4.69) is 22.2 Å². The van der Waals surface area contributed by atoms with Gasteiger partial charge in [-0.25, -0.2) is 0 Å². The molecule has 0 saturated carbocycles. The van der Waals surface area contributed by atoms with Gasteiger partial charge in [-0.3, -0.25) is 9.59 Å². The average molecular weight is 365 g/mol. The first-order chi connectivity index (χ1) is 12.1. The summed E-state index contributed by atoms with van der Waals surface area (Å²) in [5, 5.41) is 4.94. The third kappa shape index (κ3) is 4.80. The lowest BCUT2D eigenvalue weighted by atomic mass is 10.2. The number of nitrogens with one attached hydrogen (secondary N) is 1. The number of carbonyl (C=O) groups excluding carboxylic acids is 2. The molecule has 1 aromatic rings. The molecule has 6 nitrogen and oxygen atoms in total. The van der Waals surface area contributed by atoms with Gasteiger partial charge in [0, 0.05) is 39.3 Å². The summed E-state index contributed by atoms with van der Waals surface area (Å²) < 4.78 is 0. The average Bonchev–Trinajstić information content (AvgIpc) is 3.31. The second-order valence-electron chi connectivity index (χ2n) is 6.92. The predicted octanol–water partition coefficient (Wildman–Crippen LogP) is 1.11. The van der Waals surface area contributed by atoms with Gasteiger partial charge in [-0.15, -0.1) is 11.3 Å². The van der Waals surface area contributed by atoms with E-state index >= 15 is 0 Å². The highest BCUT2D eigenvalue weighted by Crippen LogP contribution is 2.22. The number of carbonyl (C=O) groups is 2. The van der Waals surface area contributed by atoms with E-state index in [1.807, 2.05) is 17.5 Å². The summed E-state index contributed by atoms with van der Waals surface area (Å²) in [6, 6.07) is 3.40. The van der Waals surface area contributed by atoms with Crippen molar-refractivity contribution in [1.29, 1.82) is 0 Å². The molecule has 0 spiro atoms. The molecular formula is C18H28N4O2S. The number of nitrogens with zero attached hydrogens (tertiary/aromatic N) is 3. The van der Waals surface area contributed by atoms with Gasteiger partial charge in [0.1, 0.15) is 6.04 Å². The fourth-order valence-electron chi connectivity index (χ4n) is 3.53. The van der Waals surface area contributed by atoms with Crippen LogP contribution in [0.1, 0.15) is 28.9 Å². The molecule has 2 fully saturated rings. The van der Waals surface area contributed by atoms with E-state index in [1.165, 1.54) is 11.3 Å². The maximum absolute atomic E-state index is 12.5. The zero-order valence-corrected chi connectivity index (χ0v) is 15.8. The predicted molar refractivity (Wildman–Crippen MR) is 99.9 cm³/mol. The molecular weight excluding hydrogens is 336 g/mol. The first-order valence-corrected chi connectivity index (χ1v) is 10.1. The Morgan fingerprint density at radius 3 is 2.76 bits per heavy atom. The van der Waals surface area contributed by atoms with Gasteiger partial charge in [0.05, 0.1) is 4.88 Å². The lowest BCUT2D eigenvalue weighted by molar-refractivity contribution is -0.124. The molecule has 3 rings (SSSR count). The SMILES string of the molecule is CN1CCN(CCCNC(=O)[C@@H]2CCCN2C(=O)c2cccs2)CC1. The molecule has 2 saturated heterocycles. The van der Waals surface area contributed by atoms with Gasteiger partial charge in [0.2, 0.25) is 5.91 Å². The molecule has 2 aliphatic heterocycles. The maximum Gasteiger partial charge on any atom is 0.264 e. The number of thiophene rings is 1. The van der Waals surface area contributed by atoms with Gasteiger partial charge in [-0.2, -0.15) is 0 Å². The van der Waals surface area contributed by atoms with E-state index in [0.717, 1.165) is 56.9 Å². The van der Waals surface area contributed by atoms with Crippen molar-refractivity contribution in [3.63, 3.8) is 0 Å². The van der Waals surface area contributed by atoms with Crippen LogP contribution in [0.3, 0.4) is 0 Å². The van der Waals surface area contributed by atoms with Crippen LogP contribution in [0.5, 0.6) is 0 Å². The minimum absolute atomic E-state index is 0.000726. The zero-order chi connectivity index (χ0) is 17.6. The standard InChI is InChI=1S/C18H28N4O2S/c1-20-10-12-21(13-11-20)8-4-7-19-17(23)15-5-2-9-22(15)18(24)16-6-3-14-25-16/h3,6,14-15H,2,4-5,7-13H2,1H3,(H,19,23)/t15-/m0/s1. The fourth-order valence-corrected chi connectivity index (χ4v) is 4.21. The molecule has 138 valence electrons. The van der Waals surface area contributed by atoms with Crippen LogP contribution in [0.15, 0.2) is 17.5 Å². The molecule has 2 amide bonds. The highest BCUT2D eigenvalue weighted by molar-refractivity contribution is 7.12. The van der Waals surface area contributed by atoms with Gasteiger partial charge >= 0.3 is 0 Å². The Labute approximate surface area is 153 Å². The smallest absolute Gasteiger partial charge is 0.264 e. The van der Waals surface area contributed by atoms with Crippen LogP contribution >= 0.6 is 11.3 Å². The quantitative estimate of drug-likeness (QED) is 0.768. The van der Waals surface area contributed by atoms with Crippen LogP contribution in [0, 0.1) is 0 Å². The number of hydrogen-bond donors (Lipinski definition) is 1. The van der Waals surface area contributed by atoms with Crippen molar-refractivity contribution >= 4 is 23.2 Å². The summed E-state index contributed by atoms with van der Waals surface area (Å²) in [6.07, 6.45) is 2.62. The Morgan fingerprint density at radius 1 is 1.24 bits per heavy atom. The first kappa shape index (κ1) is 18.4. The Kier molecular flexibility index (Phi) is 6.45. The third-order valence-electron chi connectivity index (χ3n) is 5.09. The van der Waals surface area contributed by atoms with Crippen molar-refractivity contribution in [3.05, 3.63) is 22.4 Å². The largest absolute Gasteiger partial charge is 0.354 e. The molecule has 0 aromatic carbocycles. The number of rotatable bonds is 6. The maximum atomic E-state index is 12.5. The topological polar surface area (TPSA) is 55.9 Å². The van der Waals surface area contributed by atoms with Gasteiger partial charge in [-0.1, -0.05) is 6.07 Å². The van der Waals surface area contributed by atoms with Crippen LogP contribution in [0.4, 0.5) is 0 Å². The van der Waals surface area contributed by atoms with Gasteiger partial charge < -0.3 is 20.0 Å². The van der Waals surface area contributed by atoms with Crippen molar-refractivity contribution in [3.8, 4) is 0 Å². The summed E-state index contributed by atoms with van der Waals surface area (Å²) in [4.78, 5) is 32.3. The third-order valence-corrected chi connectivity index (χ3v) is 5.95. The Morgan fingerprint density at radius 2 is 2.04 bits per heavy atom. The minimum Gasteiger partial charge on any atom is -0.354 e. The summed E-state index contributed by atoms with van der Waals surface area (Å²) in [6.45, 7) is 6.84. The molecule has 1 N–H and O–H groups in total. The molecule has 25 heavy (non-hydrogen) atoms.